The summed E-state index contributed by atoms with van der Waals surface area (Å²) in [5.41, 5.74) is 5.16. The van der Waals surface area contributed by atoms with Crippen LogP contribution in [-0.4, -0.2) is 11.1 Å². The van der Waals surface area contributed by atoms with Crippen molar-refractivity contribution in [3.63, 3.8) is 0 Å². The Bertz CT molecular complexity index is 985. The Morgan fingerprint density at radius 3 is 2.85 bits per heavy atom. The molecule has 0 amide bonds. The van der Waals surface area contributed by atoms with E-state index in [1.54, 1.807) is 0 Å². The van der Waals surface area contributed by atoms with Crippen LogP contribution in [0.3, 0.4) is 0 Å². The highest BCUT2D eigenvalue weighted by molar-refractivity contribution is 5.84. The highest BCUT2D eigenvalue weighted by Crippen LogP contribution is 2.51. The quantitative estimate of drug-likeness (QED) is 0.591. The molecule has 132 valence electrons. The van der Waals surface area contributed by atoms with Gasteiger partial charge in [-0.3, -0.25) is 0 Å². The number of hydrogen-bond donors (Lipinski definition) is 2. The minimum absolute atomic E-state index is 0.193. The normalized spacial score (nSPS) is 23.7. The fraction of sp³-hybridized carbons (Fsp3) is 0.304. The lowest BCUT2D eigenvalue weighted by atomic mass is 9.77. The third-order valence-corrected chi connectivity index (χ3v) is 5.66. The van der Waals surface area contributed by atoms with Gasteiger partial charge in [-0.1, -0.05) is 30.4 Å². The van der Waals surface area contributed by atoms with Crippen LogP contribution in [0.25, 0.3) is 10.9 Å². The molecule has 1 aliphatic carbocycles. The average molecular weight is 344 g/mol. The van der Waals surface area contributed by atoms with E-state index >= 15 is 0 Å². The number of rotatable bonds is 3. The van der Waals surface area contributed by atoms with Crippen LogP contribution >= 0.6 is 0 Å². The minimum Gasteiger partial charge on any atom is -0.491 e. The number of H-pyrrole nitrogens is 1. The number of benzene rings is 2. The number of aromatic amines is 1. The Kier molecular flexibility index (Phi) is 3.56. The largest absolute Gasteiger partial charge is 0.491 e. The molecule has 2 N–H and O–H groups in total. The Morgan fingerprint density at radius 1 is 1.08 bits per heavy atom. The predicted octanol–water partition coefficient (Wildman–Crippen LogP) is 5.78. The first-order chi connectivity index (χ1) is 12.7. The standard InChI is InChI=1S/C23H24N2O/c1-14(2)26-15-10-11-22-19(12-15)16-7-5-8-18(16)23(25-22)20-13-24-21-9-4-3-6-17(20)21/h3-7,9-14,16,18,23-25H,8H2,1-2H3. The molecule has 0 bridgehead atoms. The van der Waals surface area contributed by atoms with Gasteiger partial charge in [0.25, 0.3) is 0 Å². The lowest BCUT2D eigenvalue weighted by molar-refractivity contribution is 0.242. The van der Waals surface area contributed by atoms with Crippen molar-refractivity contribution < 1.29 is 4.74 Å². The van der Waals surface area contributed by atoms with Gasteiger partial charge in [0.1, 0.15) is 5.75 Å². The lowest BCUT2D eigenvalue weighted by Gasteiger charge is -2.37. The first-order valence-corrected chi connectivity index (χ1v) is 9.50. The summed E-state index contributed by atoms with van der Waals surface area (Å²) in [4.78, 5) is 3.44. The van der Waals surface area contributed by atoms with Crippen molar-refractivity contribution in [1.29, 1.82) is 0 Å². The summed E-state index contributed by atoms with van der Waals surface area (Å²) in [5, 5.41) is 5.15. The van der Waals surface area contributed by atoms with Crippen LogP contribution in [0.4, 0.5) is 5.69 Å². The number of anilines is 1. The first-order valence-electron chi connectivity index (χ1n) is 9.50. The summed E-state index contributed by atoms with van der Waals surface area (Å²) in [5.74, 6) is 1.95. The minimum atomic E-state index is 0.193. The third-order valence-electron chi connectivity index (χ3n) is 5.66. The summed E-state index contributed by atoms with van der Waals surface area (Å²) in [6.07, 6.45) is 8.20. The number of nitrogens with one attached hydrogen (secondary N) is 2. The molecule has 1 aliphatic heterocycles. The number of ether oxygens (including phenoxy) is 1. The van der Waals surface area contributed by atoms with E-state index in [2.05, 4.69) is 85.0 Å². The van der Waals surface area contributed by atoms with Crippen molar-refractivity contribution in [1.82, 2.24) is 4.98 Å². The Labute approximate surface area is 154 Å². The Morgan fingerprint density at radius 2 is 1.96 bits per heavy atom. The highest BCUT2D eigenvalue weighted by Gasteiger charge is 2.38. The zero-order valence-electron chi connectivity index (χ0n) is 15.2. The van der Waals surface area contributed by atoms with Gasteiger partial charge in [-0.05, 0) is 61.6 Å². The molecule has 2 heterocycles. The van der Waals surface area contributed by atoms with Gasteiger partial charge < -0.3 is 15.0 Å². The van der Waals surface area contributed by atoms with Gasteiger partial charge in [-0.25, -0.2) is 0 Å². The fourth-order valence-electron chi connectivity index (χ4n) is 4.58. The number of para-hydroxylation sites is 1. The molecule has 3 nitrogen and oxygen atoms in total. The molecule has 3 unspecified atom stereocenters. The molecule has 0 fully saturated rings. The summed E-state index contributed by atoms with van der Waals surface area (Å²) in [6, 6.07) is 15.4. The highest BCUT2D eigenvalue weighted by atomic mass is 16.5. The van der Waals surface area contributed by atoms with Gasteiger partial charge in [0.15, 0.2) is 0 Å². The summed E-state index contributed by atoms with van der Waals surface area (Å²) in [7, 11) is 0. The maximum atomic E-state index is 5.93. The van der Waals surface area contributed by atoms with E-state index in [1.807, 2.05) is 0 Å². The van der Waals surface area contributed by atoms with Gasteiger partial charge in [0.05, 0.1) is 12.1 Å². The smallest absolute Gasteiger partial charge is 0.120 e. The predicted molar refractivity (Wildman–Crippen MR) is 107 cm³/mol. The van der Waals surface area contributed by atoms with E-state index in [9.17, 15) is 0 Å². The Balaban J connectivity index is 1.57. The van der Waals surface area contributed by atoms with E-state index < -0.39 is 0 Å². The molecule has 0 saturated carbocycles. The van der Waals surface area contributed by atoms with Gasteiger partial charge in [0.2, 0.25) is 0 Å². The maximum absolute atomic E-state index is 5.93. The summed E-state index contributed by atoms with van der Waals surface area (Å²) in [6.45, 7) is 4.14. The molecule has 2 aliphatic rings. The van der Waals surface area contributed by atoms with E-state index in [1.165, 1.54) is 27.7 Å². The topological polar surface area (TPSA) is 37.0 Å². The molecular weight excluding hydrogens is 320 g/mol. The first kappa shape index (κ1) is 15.6. The van der Waals surface area contributed by atoms with Crippen LogP contribution in [0.15, 0.2) is 60.8 Å². The lowest BCUT2D eigenvalue weighted by Crippen LogP contribution is -2.29. The Hall–Kier alpha value is -2.68. The SMILES string of the molecule is CC(C)Oc1ccc2c(c1)C1C=CCC1C(c1c[nH]c3ccccc13)N2. The zero-order chi connectivity index (χ0) is 17.7. The van der Waals surface area contributed by atoms with Gasteiger partial charge in [-0.15, -0.1) is 0 Å². The molecule has 2 aromatic carbocycles. The number of hydrogen-bond acceptors (Lipinski definition) is 2. The molecule has 0 radical (unpaired) electrons. The molecule has 3 aromatic rings. The van der Waals surface area contributed by atoms with Crippen LogP contribution in [0.5, 0.6) is 5.75 Å². The van der Waals surface area contributed by atoms with Crippen molar-refractivity contribution in [3.8, 4) is 5.75 Å². The van der Waals surface area contributed by atoms with Crippen molar-refractivity contribution in [2.75, 3.05) is 5.32 Å². The van der Waals surface area contributed by atoms with Crippen LogP contribution in [0.1, 0.15) is 43.4 Å². The van der Waals surface area contributed by atoms with Crippen LogP contribution in [0, 0.1) is 5.92 Å². The maximum Gasteiger partial charge on any atom is 0.120 e. The van der Waals surface area contributed by atoms with Gasteiger partial charge in [-0.2, -0.15) is 0 Å². The molecule has 5 rings (SSSR count). The monoisotopic (exact) mass is 344 g/mol. The van der Waals surface area contributed by atoms with Crippen molar-refractivity contribution in [2.24, 2.45) is 5.92 Å². The zero-order valence-corrected chi connectivity index (χ0v) is 15.2. The number of allylic oxidation sites excluding steroid dienone is 2. The molecular formula is C23H24N2O. The van der Waals surface area contributed by atoms with Crippen molar-refractivity contribution in [2.45, 2.75) is 38.3 Å². The second kappa shape index (κ2) is 5.94. The summed E-state index contributed by atoms with van der Waals surface area (Å²) >= 11 is 0. The van der Waals surface area contributed by atoms with E-state index in [4.69, 9.17) is 4.74 Å². The van der Waals surface area contributed by atoms with Crippen LogP contribution in [0.2, 0.25) is 0 Å². The molecule has 0 saturated heterocycles. The summed E-state index contributed by atoms with van der Waals surface area (Å²) < 4.78 is 5.93. The molecule has 3 atom stereocenters. The number of fused-ring (bicyclic) bond motifs is 4. The molecule has 0 spiro atoms. The third kappa shape index (κ3) is 2.42. The van der Waals surface area contributed by atoms with Crippen molar-refractivity contribution in [3.05, 3.63) is 71.9 Å². The van der Waals surface area contributed by atoms with Gasteiger partial charge >= 0.3 is 0 Å². The van der Waals surface area contributed by atoms with Crippen LogP contribution in [-0.2, 0) is 0 Å². The van der Waals surface area contributed by atoms with Crippen molar-refractivity contribution >= 4 is 16.6 Å². The molecule has 3 heteroatoms. The van der Waals surface area contributed by atoms with Gasteiger partial charge in [0, 0.05) is 28.7 Å². The van der Waals surface area contributed by atoms with E-state index in [-0.39, 0.29) is 6.10 Å². The average Bonchev–Trinajstić information content (AvgIpc) is 3.28. The fourth-order valence-corrected chi connectivity index (χ4v) is 4.58. The molecule has 26 heavy (non-hydrogen) atoms. The molecule has 1 aromatic heterocycles. The second-order valence-corrected chi connectivity index (χ2v) is 7.68. The second-order valence-electron chi connectivity index (χ2n) is 7.68. The number of aromatic nitrogens is 1. The van der Waals surface area contributed by atoms with E-state index in [0.717, 1.165) is 12.2 Å². The van der Waals surface area contributed by atoms with Crippen LogP contribution < -0.4 is 10.1 Å². The van der Waals surface area contributed by atoms with E-state index in [0.29, 0.717) is 17.9 Å².